The lowest BCUT2D eigenvalue weighted by Gasteiger charge is -2.10. The molecule has 0 nitrogen and oxygen atoms in total. The highest BCUT2D eigenvalue weighted by atomic mass is 14.1. The third kappa shape index (κ3) is 2.11. The fourth-order valence-corrected chi connectivity index (χ4v) is 2.32. The molecule has 0 bridgehead atoms. The van der Waals surface area contributed by atoms with Crippen LogP contribution in [0.3, 0.4) is 0 Å². The summed E-state index contributed by atoms with van der Waals surface area (Å²) in [6.45, 7) is 6.18. The molecule has 0 fully saturated rings. The van der Waals surface area contributed by atoms with E-state index >= 15 is 0 Å². The SMILES string of the molecule is [CH2]CCc1ccc(CCC)c2ccccc12. The van der Waals surface area contributed by atoms with E-state index < -0.39 is 0 Å². The standard InChI is InChI=1S/C16H19/c1-3-7-13-11-12-14(8-4-2)16-10-6-5-9-15(13)16/h5-6,9-12H,1,3-4,7-8H2,2H3. The summed E-state index contributed by atoms with van der Waals surface area (Å²) in [5, 5.41) is 2.84. The van der Waals surface area contributed by atoms with Gasteiger partial charge in [-0.1, -0.05) is 56.7 Å². The van der Waals surface area contributed by atoms with E-state index in [1.54, 1.807) is 0 Å². The summed E-state index contributed by atoms with van der Waals surface area (Å²) in [6.07, 6.45) is 4.42. The molecule has 2 aromatic carbocycles. The van der Waals surface area contributed by atoms with Gasteiger partial charge in [0.25, 0.3) is 0 Å². The molecule has 0 amide bonds. The van der Waals surface area contributed by atoms with Crippen molar-refractivity contribution in [1.29, 1.82) is 0 Å². The summed E-state index contributed by atoms with van der Waals surface area (Å²) in [5.41, 5.74) is 2.91. The predicted octanol–water partition coefficient (Wildman–Crippen LogP) is 4.56. The van der Waals surface area contributed by atoms with Crippen molar-refractivity contribution < 1.29 is 0 Å². The van der Waals surface area contributed by atoms with Gasteiger partial charge in [0, 0.05) is 0 Å². The Morgan fingerprint density at radius 1 is 0.875 bits per heavy atom. The van der Waals surface area contributed by atoms with Gasteiger partial charge < -0.3 is 0 Å². The van der Waals surface area contributed by atoms with Crippen LogP contribution in [0.15, 0.2) is 36.4 Å². The Hall–Kier alpha value is -1.30. The third-order valence-corrected chi connectivity index (χ3v) is 3.07. The van der Waals surface area contributed by atoms with E-state index in [0.717, 1.165) is 12.8 Å². The van der Waals surface area contributed by atoms with Crippen LogP contribution in [0, 0.1) is 6.92 Å². The fraction of sp³-hybridized carbons (Fsp3) is 0.312. The third-order valence-electron chi connectivity index (χ3n) is 3.07. The van der Waals surface area contributed by atoms with Gasteiger partial charge in [-0.25, -0.2) is 0 Å². The quantitative estimate of drug-likeness (QED) is 0.695. The van der Waals surface area contributed by atoms with Crippen LogP contribution in [0.25, 0.3) is 10.8 Å². The number of benzene rings is 2. The lowest BCUT2D eigenvalue weighted by atomic mass is 9.95. The molecule has 83 valence electrons. The Bertz CT molecular complexity index is 424. The molecular weight excluding hydrogens is 192 g/mol. The molecule has 0 unspecified atom stereocenters. The van der Waals surface area contributed by atoms with E-state index in [1.807, 2.05) is 0 Å². The first-order valence-electron chi connectivity index (χ1n) is 6.15. The van der Waals surface area contributed by atoms with Crippen LogP contribution in [-0.2, 0) is 12.8 Å². The van der Waals surface area contributed by atoms with Crippen LogP contribution < -0.4 is 0 Å². The van der Waals surface area contributed by atoms with Crippen LogP contribution in [0.5, 0.6) is 0 Å². The molecule has 0 N–H and O–H groups in total. The van der Waals surface area contributed by atoms with Gasteiger partial charge in [0.15, 0.2) is 0 Å². The minimum absolute atomic E-state index is 0.969. The van der Waals surface area contributed by atoms with Gasteiger partial charge >= 0.3 is 0 Å². The minimum Gasteiger partial charge on any atom is -0.0651 e. The molecule has 16 heavy (non-hydrogen) atoms. The number of hydrogen-bond donors (Lipinski definition) is 0. The largest absolute Gasteiger partial charge is 0.0651 e. The average Bonchev–Trinajstić information content (AvgIpc) is 2.33. The second-order valence-corrected chi connectivity index (χ2v) is 4.28. The molecule has 0 spiro atoms. The van der Waals surface area contributed by atoms with E-state index in [-0.39, 0.29) is 0 Å². The Balaban J connectivity index is 2.57. The summed E-state index contributed by atoms with van der Waals surface area (Å²) in [6, 6.07) is 13.3. The molecule has 0 saturated heterocycles. The van der Waals surface area contributed by atoms with E-state index in [0.29, 0.717) is 0 Å². The molecule has 1 radical (unpaired) electrons. The molecule has 0 aliphatic heterocycles. The van der Waals surface area contributed by atoms with Gasteiger partial charge in [-0.05, 0) is 41.2 Å². The zero-order valence-corrected chi connectivity index (χ0v) is 10.00. The minimum atomic E-state index is 0.969. The molecular formula is C16H19. The van der Waals surface area contributed by atoms with E-state index in [4.69, 9.17) is 0 Å². The van der Waals surface area contributed by atoms with Gasteiger partial charge in [0.05, 0.1) is 0 Å². The van der Waals surface area contributed by atoms with Crippen molar-refractivity contribution in [2.24, 2.45) is 0 Å². The van der Waals surface area contributed by atoms with Crippen molar-refractivity contribution in [1.82, 2.24) is 0 Å². The fourth-order valence-electron chi connectivity index (χ4n) is 2.32. The van der Waals surface area contributed by atoms with Gasteiger partial charge in [-0.3, -0.25) is 0 Å². The van der Waals surface area contributed by atoms with Crippen molar-refractivity contribution in [3.63, 3.8) is 0 Å². The maximum atomic E-state index is 3.95. The lowest BCUT2D eigenvalue weighted by molar-refractivity contribution is 0.927. The molecule has 2 rings (SSSR count). The first-order chi connectivity index (χ1) is 7.86. The monoisotopic (exact) mass is 211 g/mol. The van der Waals surface area contributed by atoms with Crippen LogP contribution >= 0.6 is 0 Å². The van der Waals surface area contributed by atoms with Crippen molar-refractivity contribution >= 4 is 10.8 Å². The van der Waals surface area contributed by atoms with E-state index in [2.05, 4.69) is 50.2 Å². The topological polar surface area (TPSA) is 0 Å². The van der Waals surface area contributed by atoms with Gasteiger partial charge in [-0.2, -0.15) is 0 Å². The van der Waals surface area contributed by atoms with Gasteiger partial charge in [-0.15, -0.1) is 0 Å². The van der Waals surface area contributed by atoms with Crippen molar-refractivity contribution in [3.05, 3.63) is 54.4 Å². The highest BCUT2D eigenvalue weighted by molar-refractivity contribution is 5.88. The molecule has 0 aromatic heterocycles. The number of fused-ring (bicyclic) bond motifs is 1. The van der Waals surface area contributed by atoms with Crippen LogP contribution in [0.2, 0.25) is 0 Å². The van der Waals surface area contributed by atoms with Crippen LogP contribution in [0.4, 0.5) is 0 Å². The molecule has 0 atom stereocenters. The highest BCUT2D eigenvalue weighted by Crippen LogP contribution is 2.24. The first kappa shape index (κ1) is 11.2. The summed E-state index contributed by atoms with van der Waals surface area (Å²) < 4.78 is 0. The molecule has 0 heterocycles. The summed E-state index contributed by atoms with van der Waals surface area (Å²) >= 11 is 0. The predicted molar refractivity (Wildman–Crippen MR) is 71.6 cm³/mol. The van der Waals surface area contributed by atoms with Gasteiger partial charge in [0.2, 0.25) is 0 Å². The van der Waals surface area contributed by atoms with Crippen molar-refractivity contribution in [2.45, 2.75) is 32.6 Å². The average molecular weight is 211 g/mol. The van der Waals surface area contributed by atoms with Crippen molar-refractivity contribution in [2.75, 3.05) is 0 Å². The summed E-state index contributed by atoms with van der Waals surface area (Å²) in [4.78, 5) is 0. The Labute approximate surface area is 98.3 Å². The van der Waals surface area contributed by atoms with E-state index in [1.165, 1.54) is 34.7 Å². The Morgan fingerprint density at radius 2 is 1.44 bits per heavy atom. The lowest BCUT2D eigenvalue weighted by Crippen LogP contribution is -1.91. The zero-order chi connectivity index (χ0) is 11.4. The second-order valence-electron chi connectivity index (χ2n) is 4.28. The molecule has 0 saturated carbocycles. The molecule has 0 heteroatoms. The van der Waals surface area contributed by atoms with Gasteiger partial charge in [0.1, 0.15) is 0 Å². The number of rotatable bonds is 4. The molecule has 2 aromatic rings. The molecule has 0 aliphatic rings. The van der Waals surface area contributed by atoms with Crippen molar-refractivity contribution in [3.8, 4) is 0 Å². The summed E-state index contributed by atoms with van der Waals surface area (Å²) in [5.74, 6) is 0. The number of aryl methyl sites for hydroxylation is 2. The van der Waals surface area contributed by atoms with Crippen LogP contribution in [0.1, 0.15) is 30.9 Å². The smallest absolute Gasteiger partial charge is 0.0149 e. The highest BCUT2D eigenvalue weighted by Gasteiger charge is 2.04. The second kappa shape index (κ2) is 5.16. The maximum Gasteiger partial charge on any atom is -0.0149 e. The molecule has 0 aliphatic carbocycles. The van der Waals surface area contributed by atoms with Crippen LogP contribution in [-0.4, -0.2) is 0 Å². The Kier molecular flexibility index (Phi) is 3.61. The maximum absolute atomic E-state index is 3.95. The zero-order valence-electron chi connectivity index (χ0n) is 10.00. The Morgan fingerprint density at radius 3 is 1.94 bits per heavy atom. The summed E-state index contributed by atoms with van der Waals surface area (Å²) in [7, 11) is 0. The normalized spacial score (nSPS) is 10.9. The first-order valence-corrected chi connectivity index (χ1v) is 6.15. The number of hydrogen-bond acceptors (Lipinski definition) is 0. The van der Waals surface area contributed by atoms with E-state index in [9.17, 15) is 0 Å².